The maximum Gasteiger partial charge on any atom is 0.223 e. The van der Waals surface area contributed by atoms with Crippen LogP contribution in [0.3, 0.4) is 0 Å². The number of halogens is 1. The molecule has 0 N–H and O–H groups in total. The topological polar surface area (TPSA) is 88.9 Å². The van der Waals surface area contributed by atoms with E-state index in [1.165, 1.54) is 41.2 Å². The molecular formula is C16H10FN3O3. The quantitative estimate of drug-likeness (QED) is 0.545. The molecule has 0 aliphatic heterocycles. The highest BCUT2D eigenvalue weighted by Gasteiger charge is 2.32. The van der Waals surface area contributed by atoms with Crippen molar-refractivity contribution in [2.75, 3.05) is 0 Å². The summed E-state index contributed by atoms with van der Waals surface area (Å²) in [4.78, 5) is 28.6. The smallest absolute Gasteiger partial charge is 0.223 e. The van der Waals surface area contributed by atoms with E-state index in [4.69, 9.17) is 4.42 Å². The number of nitriles is 1. The second-order valence-electron chi connectivity index (χ2n) is 4.95. The van der Waals surface area contributed by atoms with Crippen LogP contribution in [-0.4, -0.2) is 21.1 Å². The van der Waals surface area contributed by atoms with E-state index in [2.05, 4.69) is 4.98 Å². The number of imidazole rings is 1. The van der Waals surface area contributed by atoms with Gasteiger partial charge in [-0.05, 0) is 24.3 Å². The third-order valence-electron chi connectivity index (χ3n) is 3.42. The largest absolute Gasteiger partial charge is 0.453 e. The van der Waals surface area contributed by atoms with Crippen LogP contribution in [0.1, 0.15) is 21.2 Å². The van der Waals surface area contributed by atoms with Gasteiger partial charge in [-0.1, -0.05) is 0 Å². The number of ketones is 2. The number of Topliss-reactive ketones (excluding diaryl/α,β-unsaturated/α-hetero) is 2. The van der Waals surface area contributed by atoms with Gasteiger partial charge in [0.2, 0.25) is 11.6 Å². The van der Waals surface area contributed by atoms with Gasteiger partial charge in [0.05, 0.1) is 6.07 Å². The van der Waals surface area contributed by atoms with Crippen LogP contribution in [0.2, 0.25) is 0 Å². The van der Waals surface area contributed by atoms with Crippen LogP contribution in [0.25, 0.3) is 11.0 Å². The summed E-state index contributed by atoms with van der Waals surface area (Å²) in [6.07, 6.45) is 2.94. The number of rotatable bonds is 4. The average molecular weight is 311 g/mol. The van der Waals surface area contributed by atoms with E-state index in [0.29, 0.717) is 11.0 Å². The number of carbonyl (C=O) groups excluding carboxylic acids is 2. The minimum Gasteiger partial charge on any atom is -0.453 e. The van der Waals surface area contributed by atoms with Crippen LogP contribution in [0.5, 0.6) is 0 Å². The zero-order valence-electron chi connectivity index (χ0n) is 12.0. The monoisotopic (exact) mass is 311 g/mol. The van der Waals surface area contributed by atoms with Gasteiger partial charge in [-0.2, -0.15) is 5.26 Å². The van der Waals surface area contributed by atoms with Crippen LogP contribution >= 0.6 is 0 Å². The number of nitrogens with zero attached hydrogens (tertiary/aromatic N) is 3. The van der Waals surface area contributed by atoms with Crippen molar-refractivity contribution in [1.82, 2.24) is 9.55 Å². The summed E-state index contributed by atoms with van der Waals surface area (Å²) in [5.41, 5.74) is 0.302. The minimum atomic E-state index is -1.57. The third-order valence-corrected chi connectivity index (χ3v) is 3.42. The lowest BCUT2D eigenvalue weighted by Crippen LogP contribution is -2.25. The molecule has 1 atom stereocenters. The predicted molar refractivity (Wildman–Crippen MR) is 77.1 cm³/mol. The van der Waals surface area contributed by atoms with E-state index in [1.807, 2.05) is 0 Å². The van der Waals surface area contributed by atoms with Gasteiger partial charge in [0, 0.05) is 24.8 Å². The summed E-state index contributed by atoms with van der Waals surface area (Å²) in [6.45, 7) is 0. The van der Waals surface area contributed by atoms with Crippen molar-refractivity contribution in [3.05, 3.63) is 54.1 Å². The van der Waals surface area contributed by atoms with Gasteiger partial charge in [-0.25, -0.2) is 9.37 Å². The molecule has 0 spiro atoms. The molecule has 0 aliphatic rings. The number of aromatic nitrogens is 2. The minimum absolute atomic E-state index is 0.00653. The van der Waals surface area contributed by atoms with Crippen molar-refractivity contribution < 1.29 is 18.4 Å². The molecule has 0 amide bonds. The highest BCUT2D eigenvalue weighted by atomic mass is 19.1. The maximum absolute atomic E-state index is 13.2. The Bertz CT molecular complexity index is 965. The zero-order valence-corrected chi connectivity index (χ0v) is 12.0. The fourth-order valence-corrected chi connectivity index (χ4v) is 2.25. The van der Waals surface area contributed by atoms with Gasteiger partial charge in [-0.15, -0.1) is 0 Å². The summed E-state index contributed by atoms with van der Waals surface area (Å²) in [6, 6.07) is 6.78. The second-order valence-corrected chi connectivity index (χ2v) is 4.95. The molecule has 7 heteroatoms. The Morgan fingerprint density at radius 3 is 2.78 bits per heavy atom. The van der Waals surface area contributed by atoms with E-state index in [-0.39, 0.29) is 11.6 Å². The molecule has 23 heavy (non-hydrogen) atoms. The van der Waals surface area contributed by atoms with Crippen LogP contribution in [0.15, 0.2) is 41.1 Å². The maximum atomic E-state index is 13.2. The molecule has 0 bridgehead atoms. The number of benzene rings is 1. The SMILES string of the molecule is Cn1ccnc1C(=O)C(C#N)C(=O)c1cc2cc(F)ccc2o1. The summed E-state index contributed by atoms with van der Waals surface area (Å²) in [5, 5.41) is 9.59. The molecule has 0 saturated heterocycles. The molecule has 6 nitrogen and oxygen atoms in total. The standard InChI is InChI=1S/C16H10FN3O3/c1-20-5-4-19-16(20)15(22)11(8-18)14(21)13-7-9-6-10(17)2-3-12(9)23-13/h2-7,11H,1H3. The number of furan rings is 1. The van der Waals surface area contributed by atoms with E-state index in [9.17, 15) is 19.2 Å². The zero-order chi connectivity index (χ0) is 16.6. The summed E-state index contributed by atoms with van der Waals surface area (Å²) in [5.74, 6) is -3.69. The Morgan fingerprint density at radius 1 is 1.35 bits per heavy atom. The highest BCUT2D eigenvalue weighted by molar-refractivity contribution is 6.16. The Morgan fingerprint density at radius 2 is 2.13 bits per heavy atom. The second kappa shape index (κ2) is 5.50. The van der Waals surface area contributed by atoms with Gasteiger partial charge in [0.1, 0.15) is 11.4 Å². The fraction of sp³-hybridized carbons (Fsp3) is 0.125. The number of aryl methyl sites for hydroxylation is 1. The molecule has 2 aromatic heterocycles. The van der Waals surface area contributed by atoms with Crippen molar-refractivity contribution in [2.24, 2.45) is 13.0 Å². The number of carbonyl (C=O) groups is 2. The highest BCUT2D eigenvalue weighted by Crippen LogP contribution is 2.23. The molecule has 0 fully saturated rings. The Kier molecular flexibility index (Phi) is 3.50. The van der Waals surface area contributed by atoms with Gasteiger partial charge in [0.25, 0.3) is 0 Å². The van der Waals surface area contributed by atoms with Gasteiger partial charge in [0.15, 0.2) is 17.5 Å². The summed E-state index contributed by atoms with van der Waals surface area (Å²) >= 11 is 0. The van der Waals surface area contributed by atoms with Crippen molar-refractivity contribution in [1.29, 1.82) is 5.26 Å². The Hall–Kier alpha value is -3.27. The van der Waals surface area contributed by atoms with Gasteiger partial charge >= 0.3 is 0 Å². The van der Waals surface area contributed by atoms with Crippen LogP contribution in [-0.2, 0) is 7.05 Å². The van der Waals surface area contributed by atoms with E-state index in [1.54, 1.807) is 13.1 Å². The molecule has 2 heterocycles. The van der Waals surface area contributed by atoms with E-state index in [0.717, 1.165) is 0 Å². The molecule has 3 aromatic rings. The molecule has 3 rings (SSSR count). The number of fused-ring (bicyclic) bond motifs is 1. The van der Waals surface area contributed by atoms with E-state index < -0.39 is 23.3 Å². The molecule has 0 saturated carbocycles. The van der Waals surface area contributed by atoms with Crippen molar-refractivity contribution in [2.45, 2.75) is 0 Å². The lowest BCUT2D eigenvalue weighted by Gasteiger charge is -2.05. The van der Waals surface area contributed by atoms with Crippen LogP contribution in [0.4, 0.5) is 4.39 Å². The van der Waals surface area contributed by atoms with E-state index >= 15 is 0 Å². The van der Waals surface area contributed by atoms with Gasteiger partial charge in [-0.3, -0.25) is 9.59 Å². The lowest BCUT2D eigenvalue weighted by molar-refractivity contribution is 0.0823. The first kappa shape index (κ1) is 14.7. The predicted octanol–water partition coefficient (Wildman–Crippen LogP) is 2.51. The first-order chi connectivity index (χ1) is 11.0. The fourth-order valence-electron chi connectivity index (χ4n) is 2.25. The molecule has 0 radical (unpaired) electrons. The Labute approximate surface area is 129 Å². The number of hydrogen-bond donors (Lipinski definition) is 0. The Balaban J connectivity index is 1.97. The summed E-state index contributed by atoms with van der Waals surface area (Å²) in [7, 11) is 1.59. The van der Waals surface area contributed by atoms with Crippen molar-refractivity contribution in [3.63, 3.8) is 0 Å². The average Bonchev–Trinajstić information content (AvgIpc) is 3.13. The first-order valence-corrected chi connectivity index (χ1v) is 6.65. The lowest BCUT2D eigenvalue weighted by atomic mass is 9.98. The summed E-state index contributed by atoms with van der Waals surface area (Å²) < 4.78 is 19.9. The third kappa shape index (κ3) is 2.51. The molecule has 114 valence electrons. The normalized spacial score (nSPS) is 12.0. The first-order valence-electron chi connectivity index (χ1n) is 6.65. The van der Waals surface area contributed by atoms with Crippen LogP contribution in [0, 0.1) is 23.1 Å². The molecular weight excluding hydrogens is 301 g/mol. The molecule has 1 aromatic carbocycles. The molecule has 0 aliphatic carbocycles. The van der Waals surface area contributed by atoms with Crippen LogP contribution < -0.4 is 0 Å². The van der Waals surface area contributed by atoms with Crippen molar-refractivity contribution >= 4 is 22.5 Å². The molecule has 1 unspecified atom stereocenters. The number of hydrogen-bond acceptors (Lipinski definition) is 5. The van der Waals surface area contributed by atoms with Gasteiger partial charge < -0.3 is 8.98 Å². The van der Waals surface area contributed by atoms with Crippen molar-refractivity contribution in [3.8, 4) is 6.07 Å².